The number of benzene rings is 1. The number of carbonyl (C=O) groups excluding carboxylic acids is 1. The molecule has 1 amide bonds. The molecule has 0 radical (unpaired) electrons. The molecule has 1 fully saturated rings. The first-order valence-corrected chi connectivity index (χ1v) is 8.72. The number of aromatic amines is 1. The maximum Gasteiger partial charge on any atom is 0.236 e. The van der Waals surface area contributed by atoms with Gasteiger partial charge in [-0.25, -0.2) is 0 Å². The zero-order chi connectivity index (χ0) is 14.9. The predicted octanol–water partition coefficient (Wildman–Crippen LogP) is 2.83. The number of hydrogen-bond acceptors (Lipinski definition) is 3. The Morgan fingerprint density at radius 2 is 2.05 bits per heavy atom. The van der Waals surface area contributed by atoms with E-state index in [1.165, 1.54) is 16.2 Å². The second-order valence-corrected chi connectivity index (χ2v) is 7.27. The Balaban J connectivity index is 1.37. The van der Waals surface area contributed by atoms with E-state index in [-0.39, 0.29) is 5.25 Å². The molecule has 22 heavy (non-hydrogen) atoms. The summed E-state index contributed by atoms with van der Waals surface area (Å²) in [4.78, 5) is 16.1. The summed E-state index contributed by atoms with van der Waals surface area (Å²) in [5.74, 6) is 0.823. The maximum atomic E-state index is 12.7. The highest BCUT2D eigenvalue weighted by atomic mass is 32.2. The van der Waals surface area contributed by atoms with E-state index in [2.05, 4.69) is 39.4 Å². The molecule has 0 bridgehead atoms. The molecule has 2 aliphatic heterocycles. The van der Waals surface area contributed by atoms with Crippen molar-refractivity contribution in [3.05, 3.63) is 47.8 Å². The minimum atomic E-state index is 0.0705. The van der Waals surface area contributed by atoms with E-state index in [1.807, 2.05) is 6.07 Å². The number of nitrogens with one attached hydrogen (secondary N) is 1. The third-order valence-electron chi connectivity index (χ3n) is 4.69. The highest BCUT2D eigenvalue weighted by Gasteiger charge is 2.33. The van der Waals surface area contributed by atoms with Crippen LogP contribution in [-0.2, 0) is 11.2 Å². The van der Waals surface area contributed by atoms with Crippen molar-refractivity contribution in [1.82, 2.24) is 15.1 Å². The van der Waals surface area contributed by atoms with Crippen LogP contribution >= 0.6 is 11.8 Å². The average Bonchev–Trinajstić information content (AvgIpc) is 3.23. The Morgan fingerprint density at radius 1 is 1.23 bits per heavy atom. The molecule has 2 aliphatic rings. The lowest BCUT2D eigenvalue weighted by Crippen LogP contribution is -2.42. The first-order valence-electron chi connectivity index (χ1n) is 7.84. The van der Waals surface area contributed by atoms with E-state index in [1.54, 1.807) is 18.0 Å². The fraction of sp³-hybridized carbons (Fsp3) is 0.412. The predicted molar refractivity (Wildman–Crippen MR) is 86.9 cm³/mol. The highest BCUT2D eigenvalue weighted by Crippen LogP contribution is 2.38. The van der Waals surface area contributed by atoms with Gasteiger partial charge in [-0.15, -0.1) is 11.8 Å². The number of rotatable bonds is 2. The van der Waals surface area contributed by atoms with Crippen LogP contribution in [0.5, 0.6) is 0 Å². The molecule has 0 unspecified atom stereocenters. The summed E-state index contributed by atoms with van der Waals surface area (Å²) in [6.07, 6.45) is 4.73. The van der Waals surface area contributed by atoms with Crippen molar-refractivity contribution in [1.29, 1.82) is 0 Å². The van der Waals surface area contributed by atoms with Crippen LogP contribution in [0.3, 0.4) is 0 Å². The molecule has 1 N–H and O–H groups in total. The lowest BCUT2D eigenvalue weighted by molar-refractivity contribution is -0.131. The van der Waals surface area contributed by atoms with Crippen LogP contribution in [0.1, 0.15) is 30.0 Å². The average molecular weight is 313 g/mol. The lowest BCUT2D eigenvalue weighted by Gasteiger charge is -2.33. The molecular weight excluding hydrogens is 294 g/mol. The topological polar surface area (TPSA) is 49.0 Å². The minimum Gasteiger partial charge on any atom is -0.342 e. The zero-order valence-corrected chi connectivity index (χ0v) is 13.2. The highest BCUT2D eigenvalue weighted by molar-refractivity contribution is 8.01. The van der Waals surface area contributed by atoms with Gasteiger partial charge in [0.1, 0.15) is 0 Å². The molecule has 2 aromatic rings. The molecule has 1 saturated heterocycles. The molecule has 114 valence electrons. The molecule has 0 aliphatic carbocycles. The number of piperidine rings is 1. The molecule has 1 atom stereocenters. The van der Waals surface area contributed by atoms with Crippen molar-refractivity contribution in [2.45, 2.75) is 35.3 Å². The summed E-state index contributed by atoms with van der Waals surface area (Å²) in [7, 11) is 0. The Hall–Kier alpha value is -1.75. The number of thioether (sulfide) groups is 1. The third kappa shape index (κ3) is 2.54. The van der Waals surface area contributed by atoms with Gasteiger partial charge in [-0.3, -0.25) is 9.89 Å². The molecule has 4 nitrogen and oxygen atoms in total. The first kappa shape index (κ1) is 13.9. The van der Waals surface area contributed by atoms with Gasteiger partial charge in [-0.2, -0.15) is 5.10 Å². The van der Waals surface area contributed by atoms with Crippen LogP contribution in [-0.4, -0.2) is 39.3 Å². The van der Waals surface area contributed by atoms with Crippen molar-refractivity contribution >= 4 is 17.7 Å². The van der Waals surface area contributed by atoms with Crippen LogP contribution < -0.4 is 0 Å². The van der Waals surface area contributed by atoms with Gasteiger partial charge >= 0.3 is 0 Å². The van der Waals surface area contributed by atoms with Crippen molar-refractivity contribution in [3.8, 4) is 0 Å². The van der Waals surface area contributed by atoms with Gasteiger partial charge < -0.3 is 4.90 Å². The van der Waals surface area contributed by atoms with E-state index in [0.29, 0.717) is 11.8 Å². The first-order chi connectivity index (χ1) is 10.8. The molecule has 1 aromatic carbocycles. The summed E-state index contributed by atoms with van der Waals surface area (Å²) in [6, 6.07) is 10.4. The Bertz CT molecular complexity index is 637. The Kier molecular flexibility index (Phi) is 3.66. The number of carbonyl (C=O) groups is 1. The SMILES string of the molecule is O=C([C@@H]1Cc2ccccc2S1)N1CCC(c2ccn[nH]2)CC1. The lowest BCUT2D eigenvalue weighted by atomic mass is 9.93. The molecule has 0 spiro atoms. The number of likely N-dealkylation sites (tertiary alicyclic amines) is 1. The fourth-order valence-electron chi connectivity index (χ4n) is 3.43. The number of nitrogens with zero attached hydrogens (tertiary/aromatic N) is 2. The fourth-order valence-corrected chi connectivity index (χ4v) is 4.71. The van der Waals surface area contributed by atoms with E-state index in [9.17, 15) is 4.79 Å². The second-order valence-electron chi connectivity index (χ2n) is 6.03. The van der Waals surface area contributed by atoms with Crippen molar-refractivity contribution < 1.29 is 4.79 Å². The number of hydrogen-bond donors (Lipinski definition) is 1. The normalized spacial score (nSPS) is 21.8. The van der Waals surface area contributed by atoms with Gasteiger partial charge in [0.05, 0.1) is 5.25 Å². The maximum absolute atomic E-state index is 12.7. The quantitative estimate of drug-likeness (QED) is 0.927. The van der Waals surface area contributed by atoms with Gasteiger partial charge in [0, 0.05) is 35.8 Å². The van der Waals surface area contributed by atoms with Gasteiger partial charge in [0.2, 0.25) is 5.91 Å². The third-order valence-corrected chi connectivity index (χ3v) is 6.00. The van der Waals surface area contributed by atoms with Gasteiger partial charge in [-0.05, 0) is 37.0 Å². The van der Waals surface area contributed by atoms with E-state index >= 15 is 0 Å². The smallest absolute Gasteiger partial charge is 0.236 e. The molecule has 5 heteroatoms. The molecule has 0 saturated carbocycles. The minimum absolute atomic E-state index is 0.0705. The summed E-state index contributed by atoms with van der Waals surface area (Å²) in [5, 5.41) is 7.16. The molecule has 4 rings (SSSR count). The number of fused-ring (bicyclic) bond motifs is 1. The van der Waals surface area contributed by atoms with Crippen molar-refractivity contribution in [2.24, 2.45) is 0 Å². The van der Waals surface area contributed by atoms with Crippen LogP contribution in [0.2, 0.25) is 0 Å². The molecule has 1 aromatic heterocycles. The van der Waals surface area contributed by atoms with Gasteiger partial charge in [0.25, 0.3) is 0 Å². The zero-order valence-electron chi connectivity index (χ0n) is 12.4. The summed E-state index contributed by atoms with van der Waals surface area (Å²) >= 11 is 1.73. The van der Waals surface area contributed by atoms with Gasteiger partial charge in [-0.1, -0.05) is 18.2 Å². The van der Waals surface area contributed by atoms with E-state index in [4.69, 9.17) is 0 Å². The standard InChI is InChI=1S/C17H19N3OS/c21-17(16-11-13-3-1-2-4-15(13)22-16)20-9-6-12(7-10-20)14-5-8-18-19-14/h1-5,8,12,16H,6-7,9-11H2,(H,18,19)/t16-/m0/s1. The molecule has 3 heterocycles. The van der Waals surface area contributed by atoms with Crippen LogP contribution in [0, 0.1) is 0 Å². The van der Waals surface area contributed by atoms with Crippen LogP contribution in [0.15, 0.2) is 41.4 Å². The van der Waals surface area contributed by atoms with Gasteiger partial charge in [0.15, 0.2) is 0 Å². The largest absolute Gasteiger partial charge is 0.342 e. The molecular formula is C17H19N3OS. The van der Waals surface area contributed by atoms with Crippen molar-refractivity contribution in [2.75, 3.05) is 13.1 Å². The Morgan fingerprint density at radius 3 is 2.77 bits per heavy atom. The summed E-state index contributed by atoms with van der Waals surface area (Å²) in [5.41, 5.74) is 2.52. The number of H-pyrrole nitrogens is 1. The van der Waals surface area contributed by atoms with Crippen LogP contribution in [0.25, 0.3) is 0 Å². The van der Waals surface area contributed by atoms with E-state index < -0.39 is 0 Å². The monoisotopic (exact) mass is 313 g/mol. The summed E-state index contributed by atoms with van der Waals surface area (Å²) in [6.45, 7) is 1.71. The number of amides is 1. The van der Waals surface area contributed by atoms with E-state index in [0.717, 1.165) is 32.4 Å². The van der Waals surface area contributed by atoms with Crippen molar-refractivity contribution in [3.63, 3.8) is 0 Å². The van der Waals surface area contributed by atoms with Crippen LogP contribution in [0.4, 0.5) is 0 Å². The second kappa shape index (κ2) is 5.80. The summed E-state index contributed by atoms with van der Waals surface area (Å²) < 4.78 is 0. The Labute approximate surface area is 134 Å². The number of aromatic nitrogens is 2.